The summed E-state index contributed by atoms with van der Waals surface area (Å²) in [5.74, 6) is 0.213. The average Bonchev–Trinajstić information content (AvgIpc) is 2.16. The Balaban J connectivity index is 2.40. The molecule has 1 aliphatic heterocycles. The number of hydrogen-bond donors (Lipinski definition) is 1. The number of aromatic nitrogens is 1. The molecule has 0 spiro atoms. The molecule has 14 heavy (non-hydrogen) atoms. The molecule has 0 saturated carbocycles. The van der Waals surface area contributed by atoms with E-state index in [0.717, 1.165) is 0 Å². The van der Waals surface area contributed by atoms with Crippen LogP contribution in [0.4, 0.5) is 5.82 Å². The van der Waals surface area contributed by atoms with Gasteiger partial charge in [-0.1, -0.05) is 0 Å². The highest BCUT2D eigenvalue weighted by atomic mass is 79.9. The van der Waals surface area contributed by atoms with Crippen LogP contribution in [0.25, 0.3) is 0 Å². The Hall–Kier alpha value is -1.43. The van der Waals surface area contributed by atoms with E-state index >= 15 is 0 Å². The number of anilines is 1. The molecule has 0 radical (unpaired) electrons. The van der Waals surface area contributed by atoms with Crippen molar-refractivity contribution in [2.45, 2.75) is 6.10 Å². The van der Waals surface area contributed by atoms with Crippen molar-refractivity contribution >= 4 is 33.9 Å². The Morgan fingerprint density at radius 2 is 2.36 bits per heavy atom. The smallest absolute Gasteiger partial charge is 0.274 e. The van der Waals surface area contributed by atoms with Gasteiger partial charge in [-0.2, -0.15) is 0 Å². The molecule has 0 bridgehead atoms. The molecule has 2 heterocycles. The van der Waals surface area contributed by atoms with E-state index in [-0.39, 0.29) is 0 Å². The van der Waals surface area contributed by atoms with Crippen LogP contribution in [0, 0.1) is 0 Å². The molecule has 5 nitrogen and oxygen atoms in total. The first kappa shape index (κ1) is 9.14. The zero-order valence-corrected chi connectivity index (χ0v) is 8.45. The first-order valence-electron chi connectivity index (χ1n) is 3.80. The number of ether oxygens (including phenoxy) is 1. The van der Waals surface area contributed by atoms with Gasteiger partial charge in [-0.3, -0.25) is 9.59 Å². The van der Waals surface area contributed by atoms with Crippen molar-refractivity contribution in [3.8, 4) is 5.75 Å². The summed E-state index contributed by atoms with van der Waals surface area (Å²) in [5.41, 5.74) is 0. The van der Waals surface area contributed by atoms with Gasteiger partial charge in [0.15, 0.2) is 17.9 Å². The number of nitrogens with zero attached hydrogens (tertiary/aromatic N) is 1. The lowest BCUT2D eigenvalue weighted by Crippen LogP contribution is -2.38. The fourth-order valence-corrected chi connectivity index (χ4v) is 1.38. The van der Waals surface area contributed by atoms with Gasteiger partial charge in [-0.25, -0.2) is 4.98 Å². The van der Waals surface area contributed by atoms with Gasteiger partial charge in [0.05, 0.1) is 0 Å². The fourth-order valence-electron chi connectivity index (χ4n) is 1.07. The molecule has 72 valence electrons. The number of rotatable bonds is 1. The summed E-state index contributed by atoms with van der Waals surface area (Å²) in [4.78, 5) is 25.6. The van der Waals surface area contributed by atoms with Crippen molar-refractivity contribution < 1.29 is 14.3 Å². The highest BCUT2D eigenvalue weighted by Gasteiger charge is 2.27. The molecule has 2 rings (SSSR count). The lowest BCUT2D eigenvalue weighted by molar-refractivity contribution is -0.129. The zero-order valence-electron chi connectivity index (χ0n) is 6.86. The molecule has 1 aliphatic rings. The highest BCUT2D eigenvalue weighted by molar-refractivity contribution is 9.10. The van der Waals surface area contributed by atoms with E-state index in [9.17, 15) is 9.59 Å². The van der Waals surface area contributed by atoms with E-state index in [2.05, 4.69) is 26.2 Å². The normalized spacial score (nSPS) is 19.2. The monoisotopic (exact) mass is 256 g/mol. The zero-order chi connectivity index (χ0) is 10.1. The van der Waals surface area contributed by atoms with Gasteiger partial charge in [-0.05, 0) is 28.1 Å². The molecule has 0 aromatic carbocycles. The van der Waals surface area contributed by atoms with E-state index < -0.39 is 12.0 Å². The van der Waals surface area contributed by atoms with Gasteiger partial charge >= 0.3 is 0 Å². The van der Waals surface area contributed by atoms with Crippen LogP contribution in [0.1, 0.15) is 0 Å². The summed E-state index contributed by atoms with van der Waals surface area (Å²) in [5, 5.41) is 2.47. The standard InChI is InChI=1S/C8H5BrN2O3/c9-6-2-1-4-7(10-6)11-8(13)5(3-12)14-4/h1-3,5H,(H,10,11,13). The number of amides is 1. The Bertz CT molecular complexity index is 408. The van der Waals surface area contributed by atoms with Crippen LogP contribution in [0.2, 0.25) is 0 Å². The largest absolute Gasteiger partial charge is 0.469 e. The minimum absolute atomic E-state index is 0.322. The number of carbonyl (C=O) groups is 2. The Kier molecular flexibility index (Phi) is 2.20. The van der Waals surface area contributed by atoms with E-state index in [0.29, 0.717) is 22.5 Å². The van der Waals surface area contributed by atoms with Crippen molar-refractivity contribution in [2.75, 3.05) is 5.32 Å². The van der Waals surface area contributed by atoms with Crippen LogP contribution in [0.15, 0.2) is 16.7 Å². The number of carbonyl (C=O) groups excluding carboxylic acids is 2. The molecule has 1 amide bonds. The van der Waals surface area contributed by atoms with E-state index in [4.69, 9.17) is 4.74 Å². The minimum atomic E-state index is -1.08. The average molecular weight is 257 g/mol. The Labute approximate surface area is 87.6 Å². The predicted octanol–water partition coefficient (Wildman–Crippen LogP) is 0.742. The summed E-state index contributed by atoms with van der Waals surface area (Å²) < 4.78 is 5.67. The number of hydrogen-bond acceptors (Lipinski definition) is 4. The molecule has 6 heteroatoms. The van der Waals surface area contributed by atoms with Crippen molar-refractivity contribution in [3.05, 3.63) is 16.7 Å². The third kappa shape index (κ3) is 1.48. The van der Waals surface area contributed by atoms with Crippen LogP contribution >= 0.6 is 15.9 Å². The maximum absolute atomic E-state index is 11.2. The van der Waals surface area contributed by atoms with E-state index in [1.165, 1.54) is 0 Å². The van der Waals surface area contributed by atoms with Gasteiger partial charge in [0.1, 0.15) is 4.60 Å². The van der Waals surface area contributed by atoms with Crippen molar-refractivity contribution in [1.82, 2.24) is 4.98 Å². The maximum atomic E-state index is 11.2. The van der Waals surface area contributed by atoms with Crippen LogP contribution in [-0.4, -0.2) is 23.3 Å². The molecule has 0 aliphatic carbocycles. The van der Waals surface area contributed by atoms with Crippen LogP contribution < -0.4 is 10.1 Å². The van der Waals surface area contributed by atoms with Crippen LogP contribution in [-0.2, 0) is 9.59 Å². The Morgan fingerprint density at radius 1 is 1.57 bits per heavy atom. The molecular weight excluding hydrogens is 252 g/mol. The molecule has 0 fully saturated rings. The first-order chi connectivity index (χ1) is 6.70. The maximum Gasteiger partial charge on any atom is 0.274 e. The summed E-state index contributed by atoms with van der Waals surface area (Å²) in [7, 11) is 0. The first-order valence-corrected chi connectivity index (χ1v) is 4.59. The SMILES string of the molecule is O=CC1Oc2ccc(Br)nc2NC1=O. The fraction of sp³-hybridized carbons (Fsp3) is 0.125. The second-order valence-corrected chi connectivity index (χ2v) is 3.46. The quantitative estimate of drug-likeness (QED) is 0.457. The topological polar surface area (TPSA) is 68.3 Å². The van der Waals surface area contributed by atoms with Gasteiger partial charge in [0.2, 0.25) is 6.10 Å². The number of nitrogens with one attached hydrogen (secondary N) is 1. The molecule has 0 saturated heterocycles. The minimum Gasteiger partial charge on any atom is -0.469 e. The second kappa shape index (κ2) is 3.38. The number of fused-ring (bicyclic) bond motifs is 1. The third-order valence-corrected chi connectivity index (χ3v) is 2.14. The van der Waals surface area contributed by atoms with Gasteiger partial charge in [0, 0.05) is 0 Å². The molecule has 1 aromatic heterocycles. The molecule has 1 N–H and O–H groups in total. The van der Waals surface area contributed by atoms with E-state index in [1.807, 2.05) is 0 Å². The van der Waals surface area contributed by atoms with Gasteiger partial charge in [0.25, 0.3) is 5.91 Å². The van der Waals surface area contributed by atoms with Crippen molar-refractivity contribution in [1.29, 1.82) is 0 Å². The van der Waals surface area contributed by atoms with E-state index in [1.54, 1.807) is 12.1 Å². The summed E-state index contributed by atoms with van der Waals surface area (Å²) in [6.07, 6.45) is -0.634. The van der Waals surface area contributed by atoms with Crippen LogP contribution in [0.5, 0.6) is 5.75 Å². The van der Waals surface area contributed by atoms with Crippen LogP contribution in [0.3, 0.4) is 0 Å². The van der Waals surface area contributed by atoms with Gasteiger partial charge < -0.3 is 10.1 Å². The summed E-state index contributed by atoms with van der Waals surface area (Å²) in [6, 6.07) is 3.29. The van der Waals surface area contributed by atoms with Gasteiger partial charge in [-0.15, -0.1) is 0 Å². The molecule has 1 aromatic rings. The summed E-state index contributed by atoms with van der Waals surface area (Å²) in [6.45, 7) is 0. The number of halogens is 1. The Morgan fingerprint density at radius 3 is 3.07 bits per heavy atom. The summed E-state index contributed by atoms with van der Waals surface area (Å²) >= 11 is 3.15. The lowest BCUT2D eigenvalue weighted by atomic mass is 10.3. The number of pyridine rings is 1. The predicted molar refractivity (Wildman–Crippen MR) is 51.0 cm³/mol. The second-order valence-electron chi connectivity index (χ2n) is 2.64. The number of aldehydes is 1. The van der Waals surface area contributed by atoms with Crippen molar-refractivity contribution in [3.63, 3.8) is 0 Å². The molecule has 1 atom stereocenters. The lowest BCUT2D eigenvalue weighted by Gasteiger charge is -2.21. The van der Waals surface area contributed by atoms with Crippen molar-refractivity contribution in [2.24, 2.45) is 0 Å². The third-order valence-electron chi connectivity index (χ3n) is 1.70. The molecule has 1 unspecified atom stereocenters. The molecular formula is C8H5BrN2O3. The highest BCUT2D eigenvalue weighted by Crippen LogP contribution is 2.28.